The minimum Gasteiger partial charge on any atom is -0.461 e. The molecule has 4 rings (SSSR count). The molecule has 152 valence electrons. The summed E-state index contributed by atoms with van der Waals surface area (Å²) in [6.45, 7) is 2.04. The highest BCUT2D eigenvalue weighted by Crippen LogP contribution is 2.40. The Kier molecular flexibility index (Phi) is 5.47. The van der Waals surface area contributed by atoms with Gasteiger partial charge >= 0.3 is 5.97 Å². The van der Waals surface area contributed by atoms with Crippen molar-refractivity contribution >= 4 is 23.3 Å². The minimum atomic E-state index is -0.465. The van der Waals surface area contributed by atoms with E-state index in [1.807, 2.05) is 24.3 Å². The molecule has 2 atom stereocenters. The van der Waals surface area contributed by atoms with E-state index in [9.17, 15) is 14.4 Å². The lowest BCUT2D eigenvalue weighted by Crippen LogP contribution is -2.40. The molecule has 2 aromatic rings. The minimum absolute atomic E-state index is 0.0285. The van der Waals surface area contributed by atoms with E-state index in [-0.39, 0.29) is 29.4 Å². The lowest BCUT2D eigenvalue weighted by molar-refractivity contribution is -0.136. The highest BCUT2D eigenvalue weighted by molar-refractivity contribution is 5.95. The lowest BCUT2D eigenvalue weighted by Gasteiger charge is -2.36. The molecule has 1 aromatic carbocycles. The number of amides is 1. The molecule has 0 radical (unpaired) electrons. The Morgan fingerprint density at radius 1 is 1.21 bits per heavy atom. The average molecular weight is 395 g/mol. The molecule has 2 aliphatic carbocycles. The zero-order valence-corrected chi connectivity index (χ0v) is 16.5. The molecule has 0 aliphatic heterocycles. The van der Waals surface area contributed by atoms with Gasteiger partial charge in [-0.1, -0.05) is 12.5 Å². The van der Waals surface area contributed by atoms with Gasteiger partial charge in [-0.3, -0.25) is 9.59 Å². The summed E-state index contributed by atoms with van der Waals surface area (Å²) in [6.07, 6.45) is 5.91. The Morgan fingerprint density at radius 2 is 1.97 bits per heavy atom. The van der Waals surface area contributed by atoms with Gasteiger partial charge in [0.05, 0.1) is 12.3 Å². The summed E-state index contributed by atoms with van der Waals surface area (Å²) >= 11 is 0. The molecule has 1 aromatic heterocycles. The second-order valence-electron chi connectivity index (χ2n) is 7.80. The van der Waals surface area contributed by atoms with Crippen LogP contribution in [0.1, 0.15) is 49.5 Å². The number of Topliss-reactive ketones (excluding diaryl/α,β-unsaturated/α-hetero) is 1. The van der Waals surface area contributed by atoms with Crippen LogP contribution in [-0.4, -0.2) is 34.0 Å². The molecule has 0 spiro atoms. The molecule has 1 heterocycles. The number of fused-ring (bicyclic) bond motifs is 2. The van der Waals surface area contributed by atoms with Crippen LogP contribution in [0.4, 0.5) is 5.69 Å². The largest absolute Gasteiger partial charge is 0.461 e. The van der Waals surface area contributed by atoms with E-state index in [0.717, 1.165) is 24.9 Å². The number of nitrogens with zero attached hydrogens (tertiary/aromatic N) is 2. The van der Waals surface area contributed by atoms with Crippen molar-refractivity contribution in [3.63, 3.8) is 0 Å². The van der Waals surface area contributed by atoms with Crippen molar-refractivity contribution in [1.82, 2.24) is 9.78 Å². The molecule has 2 saturated carbocycles. The first kappa shape index (κ1) is 19.4. The third kappa shape index (κ3) is 4.09. The molecule has 2 unspecified atom stereocenters. The van der Waals surface area contributed by atoms with Gasteiger partial charge in [0.1, 0.15) is 5.78 Å². The number of nitrogens with one attached hydrogen (secondary N) is 1. The van der Waals surface area contributed by atoms with Gasteiger partial charge in [-0.2, -0.15) is 5.10 Å². The van der Waals surface area contributed by atoms with Gasteiger partial charge in [-0.15, -0.1) is 0 Å². The SMILES string of the molecule is CCOC(=O)c1ccn(-c2cccc(NC(=O)C3CC4CCCC(C3)C4=O)c2)n1. The zero-order chi connectivity index (χ0) is 20.4. The molecule has 1 N–H and O–H groups in total. The van der Waals surface area contributed by atoms with Crippen molar-refractivity contribution in [3.8, 4) is 5.69 Å². The fourth-order valence-electron chi connectivity index (χ4n) is 4.45. The van der Waals surface area contributed by atoms with E-state index in [2.05, 4.69) is 10.4 Å². The van der Waals surface area contributed by atoms with Crippen LogP contribution in [-0.2, 0) is 14.3 Å². The number of anilines is 1. The maximum atomic E-state index is 12.8. The lowest BCUT2D eigenvalue weighted by atomic mass is 9.67. The number of rotatable bonds is 5. The highest BCUT2D eigenvalue weighted by atomic mass is 16.5. The summed E-state index contributed by atoms with van der Waals surface area (Å²) in [5.74, 6) is -0.151. The first-order chi connectivity index (χ1) is 14.0. The number of carbonyl (C=O) groups is 3. The van der Waals surface area contributed by atoms with Crippen molar-refractivity contribution in [2.24, 2.45) is 17.8 Å². The molecule has 7 heteroatoms. The van der Waals surface area contributed by atoms with Crippen molar-refractivity contribution in [2.75, 3.05) is 11.9 Å². The second kappa shape index (κ2) is 8.19. The molecular weight excluding hydrogens is 370 g/mol. The first-order valence-corrected chi connectivity index (χ1v) is 10.2. The molecule has 2 fully saturated rings. The van der Waals surface area contributed by atoms with Crippen LogP contribution in [0, 0.1) is 17.8 Å². The van der Waals surface area contributed by atoms with E-state index >= 15 is 0 Å². The van der Waals surface area contributed by atoms with Crippen LogP contribution >= 0.6 is 0 Å². The summed E-state index contributed by atoms with van der Waals surface area (Å²) in [5, 5.41) is 7.24. The normalized spacial score (nSPS) is 23.5. The van der Waals surface area contributed by atoms with Crippen LogP contribution < -0.4 is 5.32 Å². The van der Waals surface area contributed by atoms with E-state index in [1.54, 1.807) is 23.9 Å². The molecule has 29 heavy (non-hydrogen) atoms. The Morgan fingerprint density at radius 3 is 2.69 bits per heavy atom. The van der Waals surface area contributed by atoms with Gasteiger partial charge in [0.15, 0.2) is 5.69 Å². The van der Waals surface area contributed by atoms with Gasteiger partial charge in [-0.05, 0) is 56.9 Å². The van der Waals surface area contributed by atoms with Crippen molar-refractivity contribution in [2.45, 2.75) is 39.0 Å². The Labute approximate surface area is 169 Å². The predicted octanol–water partition coefficient (Wildman–Crippen LogP) is 3.38. The topological polar surface area (TPSA) is 90.3 Å². The third-order valence-corrected chi connectivity index (χ3v) is 5.87. The number of benzene rings is 1. The van der Waals surface area contributed by atoms with Gasteiger partial charge in [0.25, 0.3) is 0 Å². The second-order valence-corrected chi connectivity index (χ2v) is 7.80. The van der Waals surface area contributed by atoms with Crippen LogP contribution in [0.2, 0.25) is 0 Å². The number of ether oxygens (including phenoxy) is 1. The van der Waals surface area contributed by atoms with Crippen LogP contribution in [0.15, 0.2) is 36.5 Å². The summed E-state index contributed by atoms with van der Waals surface area (Å²) in [6, 6.07) is 8.92. The number of ketones is 1. The third-order valence-electron chi connectivity index (χ3n) is 5.87. The van der Waals surface area contributed by atoms with Crippen molar-refractivity contribution in [3.05, 3.63) is 42.2 Å². The van der Waals surface area contributed by atoms with Crippen molar-refractivity contribution < 1.29 is 19.1 Å². The van der Waals surface area contributed by atoms with Gasteiger partial charge in [-0.25, -0.2) is 9.48 Å². The van der Waals surface area contributed by atoms with Gasteiger partial charge in [0, 0.05) is 29.6 Å². The molecule has 7 nitrogen and oxygen atoms in total. The number of esters is 1. The number of hydrogen-bond acceptors (Lipinski definition) is 5. The number of hydrogen-bond donors (Lipinski definition) is 1. The summed E-state index contributed by atoms with van der Waals surface area (Å²) in [5.41, 5.74) is 1.64. The smallest absolute Gasteiger partial charge is 0.358 e. The average Bonchev–Trinajstić information content (AvgIpc) is 3.18. The molecule has 1 amide bonds. The molecule has 2 bridgehead atoms. The fourth-order valence-corrected chi connectivity index (χ4v) is 4.45. The quantitative estimate of drug-likeness (QED) is 0.784. The van der Waals surface area contributed by atoms with Crippen molar-refractivity contribution in [1.29, 1.82) is 0 Å². The van der Waals surface area contributed by atoms with E-state index < -0.39 is 5.97 Å². The maximum absolute atomic E-state index is 12.8. The van der Waals surface area contributed by atoms with Crippen LogP contribution in [0.3, 0.4) is 0 Å². The summed E-state index contributed by atoms with van der Waals surface area (Å²) < 4.78 is 6.54. The van der Waals surface area contributed by atoms with Crippen LogP contribution in [0.5, 0.6) is 0 Å². The molecule has 0 saturated heterocycles. The first-order valence-electron chi connectivity index (χ1n) is 10.2. The molecule has 2 aliphatic rings. The fraction of sp³-hybridized carbons (Fsp3) is 0.455. The Balaban J connectivity index is 1.45. The maximum Gasteiger partial charge on any atom is 0.358 e. The van der Waals surface area contributed by atoms with E-state index in [0.29, 0.717) is 30.9 Å². The summed E-state index contributed by atoms with van der Waals surface area (Å²) in [7, 11) is 0. The Bertz CT molecular complexity index is 920. The summed E-state index contributed by atoms with van der Waals surface area (Å²) in [4.78, 5) is 36.9. The number of carbonyl (C=O) groups excluding carboxylic acids is 3. The standard InChI is InChI=1S/C22H25N3O4/c1-2-29-22(28)19-9-10-25(24-19)18-8-4-7-17(13-18)23-21(27)16-11-14-5-3-6-15(12-16)20(14)26/h4,7-10,13-16H,2-3,5-6,11-12H2,1H3,(H,23,27). The van der Waals surface area contributed by atoms with E-state index in [4.69, 9.17) is 4.74 Å². The number of aromatic nitrogens is 2. The van der Waals surface area contributed by atoms with Gasteiger partial charge < -0.3 is 10.1 Å². The van der Waals surface area contributed by atoms with Crippen LogP contribution in [0.25, 0.3) is 5.69 Å². The monoisotopic (exact) mass is 395 g/mol. The Hall–Kier alpha value is -2.96. The van der Waals surface area contributed by atoms with Gasteiger partial charge in [0.2, 0.25) is 5.91 Å². The predicted molar refractivity (Wildman–Crippen MR) is 107 cm³/mol. The zero-order valence-electron chi connectivity index (χ0n) is 16.5. The highest BCUT2D eigenvalue weighted by Gasteiger charge is 2.41. The van der Waals surface area contributed by atoms with E-state index in [1.165, 1.54) is 0 Å². The molecular formula is C22H25N3O4.